The van der Waals surface area contributed by atoms with Gasteiger partial charge in [0, 0.05) is 0 Å². The summed E-state index contributed by atoms with van der Waals surface area (Å²) in [6, 6.07) is 31.6. The molecule has 6 aromatic carbocycles. The Hall–Kier alpha value is -3.59. The molecule has 0 aliphatic rings. The molecule has 6 aromatic rings. The van der Waals surface area contributed by atoms with Crippen LogP contribution in [0.1, 0.15) is 132 Å². The molecule has 0 bridgehead atoms. The van der Waals surface area contributed by atoms with Gasteiger partial charge in [0.25, 0.3) is 0 Å². The molecule has 54 heavy (non-hydrogen) atoms. The molecule has 6 rings (SSSR count). The Kier molecular flexibility index (Phi) is 9.25. The molecule has 0 atom stereocenters. The van der Waals surface area contributed by atoms with E-state index < -0.39 is 12.7 Å². The number of rotatable bonds is 3. The van der Waals surface area contributed by atoms with E-state index in [1.54, 1.807) is 6.07 Å². The molecule has 3 nitrogen and oxygen atoms in total. The Morgan fingerprint density at radius 1 is 0.352 bits per heavy atom. The van der Waals surface area contributed by atoms with E-state index in [0.717, 1.165) is 43.4 Å². The van der Waals surface area contributed by atoms with Crippen LogP contribution in [-0.2, 0) is 27.1 Å². The van der Waals surface area contributed by atoms with E-state index in [4.69, 9.17) is 0 Å². The fourth-order valence-electron chi connectivity index (χ4n) is 7.83. The second-order valence-corrected chi connectivity index (χ2v) is 23.9. The number of hydrogen-bond donors (Lipinski definition) is 3. The molecule has 0 heterocycles. The van der Waals surface area contributed by atoms with Gasteiger partial charge in [-0.05, 0) is 0 Å². The Morgan fingerprint density at radius 3 is 1.22 bits per heavy atom. The summed E-state index contributed by atoms with van der Waals surface area (Å²) in [6.07, 6.45) is 0. The second-order valence-electron chi connectivity index (χ2n) is 21.0. The predicted molar refractivity (Wildman–Crippen MR) is 237 cm³/mol. The van der Waals surface area contributed by atoms with E-state index >= 15 is 0 Å². The first-order valence-corrected chi connectivity index (χ1v) is 21.6. The fourth-order valence-corrected chi connectivity index (χ4v) is 10.3. The first-order valence-electron chi connectivity index (χ1n) is 19.5. The quantitative estimate of drug-likeness (QED) is 0.158. The zero-order valence-corrected chi connectivity index (χ0v) is 36.3. The minimum atomic E-state index is -5.88. The van der Waals surface area contributed by atoms with Crippen LogP contribution in [0, 0.1) is 0 Å². The van der Waals surface area contributed by atoms with Gasteiger partial charge < -0.3 is 0 Å². The summed E-state index contributed by atoms with van der Waals surface area (Å²) in [4.78, 5) is 39.2. The normalized spacial score (nSPS) is 14.5. The van der Waals surface area contributed by atoms with Crippen LogP contribution < -0.4 is 10.6 Å². The van der Waals surface area contributed by atoms with Crippen LogP contribution in [0.5, 0.6) is 0 Å². The van der Waals surface area contributed by atoms with Crippen molar-refractivity contribution in [3.8, 4) is 11.1 Å². The summed E-state index contributed by atoms with van der Waals surface area (Å²) < 4.78 is 0. The number of fused-ring (bicyclic) bond motifs is 3. The summed E-state index contributed by atoms with van der Waals surface area (Å²) in [6.45, 7) is 32.7. The molecule has 0 aliphatic carbocycles. The van der Waals surface area contributed by atoms with E-state index in [2.05, 4.69) is 171 Å². The van der Waals surface area contributed by atoms with E-state index in [1.165, 1.54) is 16.7 Å². The van der Waals surface area contributed by atoms with Crippen LogP contribution in [0.4, 0.5) is 0 Å². The van der Waals surface area contributed by atoms with E-state index in [9.17, 15) is 14.7 Å². The molecule has 0 aliphatic heterocycles. The van der Waals surface area contributed by atoms with Crippen LogP contribution in [0.15, 0.2) is 91.0 Å². The maximum absolute atomic E-state index is 13.1. The SMILES string of the molecule is CC(C)(C)c1ccc2cc(-c3c(P(O)(O)(O)c4cc5ccc(C(C)(C)C)cc5cc4C(C)(C)C)ccc4cc(C(C)(C)C)ccc34)c(C(C)(C)C)cc2c1. The van der Waals surface area contributed by atoms with Crippen molar-refractivity contribution in [2.75, 3.05) is 0 Å². The number of benzene rings is 6. The van der Waals surface area contributed by atoms with E-state index in [0.29, 0.717) is 11.1 Å². The van der Waals surface area contributed by atoms with Gasteiger partial charge in [0.2, 0.25) is 0 Å². The van der Waals surface area contributed by atoms with Gasteiger partial charge >= 0.3 is 326 Å². The minimum absolute atomic E-state index is 0.0107. The molecule has 0 unspecified atom stereocenters. The molecule has 4 heteroatoms. The first kappa shape index (κ1) is 40.1. The van der Waals surface area contributed by atoms with E-state index in [-0.39, 0.29) is 32.3 Å². The van der Waals surface area contributed by atoms with Crippen molar-refractivity contribution in [3.05, 3.63) is 119 Å². The molecule has 3 N–H and O–H groups in total. The Balaban J connectivity index is 1.77. The van der Waals surface area contributed by atoms with Crippen molar-refractivity contribution in [1.29, 1.82) is 0 Å². The van der Waals surface area contributed by atoms with Gasteiger partial charge in [-0.2, -0.15) is 0 Å². The van der Waals surface area contributed by atoms with Gasteiger partial charge in [-0.1, -0.05) is 0 Å². The topological polar surface area (TPSA) is 60.7 Å². The summed E-state index contributed by atoms with van der Waals surface area (Å²) in [5, 5.41) is 6.26. The molecule has 0 aromatic heterocycles. The Bertz CT molecular complexity index is 2440. The molecule has 0 saturated carbocycles. The molecule has 0 radical (unpaired) electrons. The van der Waals surface area contributed by atoms with E-state index in [1.807, 2.05) is 18.2 Å². The average Bonchev–Trinajstić information content (AvgIpc) is 3.03. The van der Waals surface area contributed by atoms with Gasteiger partial charge in [-0.15, -0.1) is 0 Å². The van der Waals surface area contributed by atoms with Gasteiger partial charge in [0.15, 0.2) is 0 Å². The van der Waals surface area contributed by atoms with Crippen molar-refractivity contribution in [2.24, 2.45) is 0 Å². The van der Waals surface area contributed by atoms with Crippen molar-refractivity contribution >= 4 is 50.2 Å². The Labute approximate surface area is 324 Å². The monoisotopic (exact) mass is 742 g/mol. The van der Waals surface area contributed by atoms with Crippen LogP contribution in [0.2, 0.25) is 0 Å². The molecule has 0 fully saturated rings. The zero-order chi connectivity index (χ0) is 40.2. The fraction of sp³-hybridized carbons (Fsp3) is 0.400. The van der Waals surface area contributed by atoms with Gasteiger partial charge in [0.1, 0.15) is 0 Å². The average molecular weight is 743 g/mol. The van der Waals surface area contributed by atoms with Crippen LogP contribution in [0.25, 0.3) is 43.4 Å². The third-order valence-corrected chi connectivity index (χ3v) is 13.8. The van der Waals surface area contributed by atoms with Crippen molar-refractivity contribution in [1.82, 2.24) is 0 Å². The Morgan fingerprint density at radius 2 is 0.759 bits per heavy atom. The molecule has 0 amide bonds. The summed E-state index contributed by atoms with van der Waals surface area (Å²) >= 11 is 0. The van der Waals surface area contributed by atoms with Crippen LogP contribution in [0.3, 0.4) is 0 Å². The van der Waals surface area contributed by atoms with Crippen molar-refractivity contribution in [2.45, 2.75) is 131 Å². The maximum atomic E-state index is 13.1. The third-order valence-electron chi connectivity index (χ3n) is 11.3. The molecule has 286 valence electrons. The standard InChI is InChI=1S/C50H63O3P/c1-46(2,3)36-19-16-31-27-40(41(49(10,11)12)28-34(31)25-36)45-39-22-21-38(48(7,8)9)24-33(39)18-23-43(45)54(51,52,53)44-30-32-17-20-37(47(4,5)6)26-35(32)29-42(44)50(13,14)15/h16-30,51-53H,1-15H3. The van der Waals surface area contributed by atoms with Crippen LogP contribution >= 0.6 is 7.28 Å². The van der Waals surface area contributed by atoms with Crippen molar-refractivity contribution in [3.63, 3.8) is 0 Å². The molecule has 0 saturated heterocycles. The summed E-state index contributed by atoms with van der Waals surface area (Å²) in [5.74, 6) is 0. The third kappa shape index (κ3) is 7.26. The first-order chi connectivity index (χ1) is 24.4. The van der Waals surface area contributed by atoms with Gasteiger partial charge in [-0.3, -0.25) is 0 Å². The second kappa shape index (κ2) is 12.5. The predicted octanol–water partition coefficient (Wildman–Crippen LogP) is 12.5. The number of hydrogen-bond acceptors (Lipinski definition) is 3. The molecular weight excluding hydrogens is 680 g/mol. The van der Waals surface area contributed by atoms with Crippen LogP contribution in [-0.4, -0.2) is 14.7 Å². The van der Waals surface area contributed by atoms with Gasteiger partial charge in [-0.25, -0.2) is 0 Å². The summed E-state index contributed by atoms with van der Waals surface area (Å²) in [7, 11) is -5.88. The van der Waals surface area contributed by atoms with Crippen molar-refractivity contribution < 1.29 is 14.7 Å². The summed E-state index contributed by atoms with van der Waals surface area (Å²) in [5.41, 5.74) is 6.01. The zero-order valence-electron chi connectivity index (χ0n) is 35.4. The molecular formula is C50H63O3P. The van der Waals surface area contributed by atoms with Gasteiger partial charge in [0.05, 0.1) is 0 Å². The molecule has 0 spiro atoms.